The second-order valence-electron chi connectivity index (χ2n) is 10.5. The maximum atomic E-state index is 11.8. The fraction of sp³-hybridized carbons (Fsp3) is 0.839. The summed E-state index contributed by atoms with van der Waals surface area (Å²) in [6.07, 6.45) is 17.2. The highest BCUT2D eigenvalue weighted by Gasteiger charge is 2.44. The molecule has 40 heavy (non-hydrogen) atoms. The Bertz CT molecular complexity index is 667. The first-order valence-electron chi connectivity index (χ1n) is 15.4. The molecule has 0 saturated carbocycles. The van der Waals surface area contributed by atoms with Crippen LogP contribution in [0.25, 0.3) is 0 Å². The van der Waals surface area contributed by atoms with Gasteiger partial charge in [0.15, 0.2) is 6.29 Å². The molecule has 1 heterocycles. The van der Waals surface area contributed by atoms with Crippen LogP contribution < -0.4 is 0 Å². The lowest BCUT2D eigenvalue weighted by molar-refractivity contribution is -0.305. The molecular weight excluding hydrogens is 516 g/mol. The number of unbranched alkanes of at least 4 members (excludes halogenated alkanes) is 10. The van der Waals surface area contributed by atoms with Gasteiger partial charge in [0, 0.05) is 13.0 Å². The van der Waals surface area contributed by atoms with Crippen molar-refractivity contribution in [2.45, 2.75) is 141 Å². The third kappa shape index (κ3) is 16.8. The van der Waals surface area contributed by atoms with Crippen molar-refractivity contribution in [2.24, 2.45) is 0 Å². The minimum absolute atomic E-state index is 0.127. The quantitative estimate of drug-likeness (QED) is 0.0756. The average molecular weight is 573 g/mol. The summed E-state index contributed by atoms with van der Waals surface area (Å²) in [6, 6.07) is 0. The number of aliphatic hydroxyl groups is 4. The van der Waals surface area contributed by atoms with E-state index in [2.05, 4.69) is 31.2 Å². The van der Waals surface area contributed by atoms with Crippen LogP contribution in [0.1, 0.15) is 104 Å². The molecule has 0 aromatic heterocycles. The summed E-state index contributed by atoms with van der Waals surface area (Å²) in [6.45, 7) is 3.92. The molecule has 0 radical (unpaired) electrons. The number of esters is 1. The summed E-state index contributed by atoms with van der Waals surface area (Å²) in [4.78, 5) is 11.8. The molecule has 0 aromatic carbocycles. The van der Waals surface area contributed by atoms with Crippen LogP contribution in [0.4, 0.5) is 0 Å². The molecule has 9 nitrogen and oxygen atoms in total. The number of hydrogen-bond acceptors (Lipinski definition) is 9. The van der Waals surface area contributed by atoms with Crippen molar-refractivity contribution in [1.29, 1.82) is 0 Å². The van der Waals surface area contributed by atoms with Gasteiger partial charge in [-0.1, -0.05) is 83.1 Å². The predicted molar refractivity (Wildman–Crippen MR) is 155 cm³/mol. The largest absolute Gasteiger partial charge is 0.457 e. The molecule has 1 aliphatic rings. The molecule has 0 amide bonds. The Morgan fingerprint density at radius 2 is 1.43 bits per heavy atom. The van der Waals surface area contributed by atoms with Gasteiger partial charge in [0.1, 0.15) is 30.5 Å². The van der Waals surface area contributed by atoms with Crippen LogP contribution >= 0.6 is 0 Å². The van der Waals surface area contributed by atoms with Crippen molar-refractivity contribution in [1.82, 2.24) is 0 Å². The fourth-order valence-corrected chi connectivity index (χ4v) is 4.38. The highest BCUT2D eigenvalue weighted by molar-refractivity contribution is 5.69. The van der Waals surface area contributed by atoms with Crippen molar-refractivity contribution in [3.8, 4) is 0 Å². The van der Waals surface area contributed by atoms with E-state index in [0.29, 0.717) is 6.61 Å². The van der Waals surface area contributed by atoms with Crippen LogP contribution in [0.3, 0.4) is 0 Å². The standard InChI is InChI=1S/C31H56O9/c1-3-5-6-7-8-9-10-11-12-13-14-15-16-17-18-19-20-21-37-23-25(39-27(33)4-2)24-38-31-30(36)29(35)28(34)26(22-32)40-31/h9-10,12-13,25-26,28-32,34-36H,3-8,11,14-24H2,1-2H3/b10-9-,13-12-. The van der Waals surface area contributed by atoms with Crippen molar-refractivity contribution >= 4 is 5.97 Å². The Labute approximate surface area is 241 Å². The number of carbonyl (C=O) groups excluding carboxylic acids is 1. The second-order valence-corrected chi connectivity index (χ2v) is 10.5. The molecule has 4 N–H and O–H groups in total. The number of rotatable bonds is 24. The lowest BCUT2D eigenvalue weighted by Crippen LogP contribution is -2.59. The van der Waals surface area contributed by atoms with E-state index >= 15 is 0 Å². The Morgan fingerprint density at radius 3 is 2.05 bits per heavy atom. The summed E-state index contributed by atoms with van der Waals surface area (Å²) in [7, 11) is 0. The van der Waals surface area contributed by atoms with Gasteiger partial charge < -0.3 is 39.4 Å². The Morgan fingerprint density at radius 1 is 0.800 bits per heavy atom. The van der Waals surface area contributed by atoms with Gasteiger partial charge in [-0.2, -0.15) is 0 Å². The Kier molecular flexibility index (Phi) is 22.3. The van der Waals surface area contributed by atoms with Gasteiger partial charge in [-0.05, 0) is 38.5 Å². The van der Waals surface area contributed by atoms with E-state index in [-0.39, 0.29) is 19.6 Å². The topological polar surface area (TPSA) is 135 Å². The van der Waals surface area contributed by atoms with Gasteiger partial charge >= 0.3 is 5.97 Å². The molecule has 6 atom stereocenters. The maximum Gasteiger partial charge on any atom is 0.305 e. The molecule has 1 saturated heterocycles. The molecule has 6 unspecified atom stereocenters. The zero-order valence-electron chi connectivity index (χ0n) is 24.8. The van der Waals surface area contributed by atoms with Crippen LogP contribution in [0.2, 0.25) is 0 Å². The summed E-state index contributed by atoms with van der Waals surface area (Å²) in [5, 5.41) is 39.2. The predicted octanol–water partition coefficient (Wildman–Crippen LogP) is 4.34. The first-order chi connectivity index (χ1) is 19.4. The van der Waals surface area contributed by atoms with Crippen LogP contribution in [0.5, 0.6) is 0 Å². The molecule has 1 fully saturated rings. The molecule has 0 spiro atoms. The zero-order chi connectivity index (χ0) is 29.4. The van der Waals surface area contributed by atoms with Gasteiger partial charge in [0.2, 0.25) is 0 Å². The first kappa shape index (κ1) is 36.7. The summed E-state index contributed by atoms with van der Waals surface area (Å²) >= 11 is 0. The normalized spacial score (nSPS) is 24.2. The number of aliphatic hydroxyl groups excluding tert-OH is 4. The second kappa shape index (κ2) is 24.3. The molecule has 9 heteroatoms. The molecule has 0 aromatic rings. The van der Waals surface area contributed by atoms with Crippen molar-refractivity contribution < 1.29 is 44.2 Å². The molecule has 1 aliphatic heterocycles. The van der Waals surface area contributed by atoms with Crippen LogP contribution in [-0.2, 0) is 23.7 Å². The number of allylic oxidation sites excluding steroid dienone is 4. The highest BCUT2D eigenvalue weighted by Crippen LogP contribution is 2.22. The highest BCUT2D eigenvalue weighted by atomic mass is 16.7. The van der Waals surface area contributed by atoms with Crippen LogP contribution in [0, 0.1) is 0 Å². The van der Waals surface area contributed by atoms with E-state index in [1.807, 2.05) is 0 Å². The monoisotopic (exact) mass is 572 g/mol. The van der Waals surface area contributed by atoms with Gasteiger partial charge in [0.25, 0.3) is 0 Å². The van der Waals surface area contributed by atoms with Crippen molar-refractivity contribution in [3.05, 3.63) is 24.3 Å². The van der Waals surface area contributed by atoms with E-state index in [1.165, 1.54) is 51.4 Å². The zero-order valence-corrected chi connectivity index (χ0v) is 24.8. The number of ether oxygens (including phenoxy) is 4. The van der Waals surface area contributed by atoms with Crippen molar-refractivity contribution in [3.63, 3.8) is 0 Å². The van der Waals surface area contributed by atoms with Gasteiger partial charge in [0.05, 0.1) is 19.8 Å². The van der Waals surface area contributed by atoms with Gasteiger partial charge in [-0.25, -0.2) is 0 Å². The third-order valence-corrected chi connectivity index (χ3v) is 6.92. The Balaban J connectivity index is 2.12. The van der Waals surface area contributed by atoms with Crippen LogP contribution in [0.15, 0.2) is 24.3 Å². The summed E-state index contributed by atoms with van der Waals surface area (Å²) < 4.78 is 21.9. The van der Waals surface area contributed by atoms with Crippen molar-refractivity contribution in [2.75, 3.05) is 26.4 Å². The minimum Gasteiger partial charge on any atom is -0.457 e. The van der Waals surface area contributed by atoms with Gasteiger partial charge in [-0.3, -0.25) is 4.79 Å². The minimum atomic E-state index is -1.53. The first-order valence-corrected chi connectivity index (χ1v) is 15.4. The third-order valence-electron chi connectivity index (χ3n) is 6.92. The molecule has 234 valence electrons. The molecule has 0 bridgehead atoms. The summed E-state index contributed by atoms with van der Waals surface area (Å²) in [5.74, 6) is -0.407. The van der Waals surface area contributed by atoms with E-state index in [9.17, 15) is 25.2 Å². The molecular formula is C31H56O9. The lowest BCUT2D eigenvalue weighted by atomic mass is 9.99. The summed E-state index contributed by atoms with van der Waals surface area (Å²) in [5.41, 5.74) is 0. The maximum absolute atomic E-state index is 11.8. The number of carbonyl (C=O) groups is 1. The van der Waals surface area contributed by atoms with E-state index in [4.69, 9.17) is 18.9 Å². The van der Waals surface area contributed by atoms with E-state index in [0.717, 1.165) is 32.1 Å². The van der Waals surface area contributed by atoms with E-state index < -0.39 is 49.4 Å². The molecule has 1 rings (SSSR count). The lowest BCUT2D eigenvalue weighted by Gasteiger charge is -2.39. The van der Waals surface area contributed by atoms with Crippen LogP contribution in [-0.4, -0.2) is 89.6 Å². The Hall–Kier alpha value is -1.33. The smallest absolute Gasteiger partial charge is 0.305 e. The average Bonchev–Trinajstić information content (AvgIpc) is 2.96. The molecule has 0 aliphatic carbocycles. The van der Waals surface area contributed by atoms with E-state index in [1.54, 1.807) is 6.92 Å². The fourth-order valence-electron chi connectivity index (χ4n) is 4.38. The van der Waals surface area contributed by atoms with Gasteiger partial charge in [-0.15, -0.1) is 0 Å². The SMILES string of the molecule is CCCCCC/C=C\C/C=C\CCCCCCCCOCC(COC1OC(CO)C(O)C(O)C1O)OC(=O)CC. The number of hydrogen-bond donors (Lipinski definition) is 4.